The SMILES string of the molecule is CCCOCCCNc1nc(CCC(=O)OC)cs1. The first-order valence-electron chi connectivity index (χ1n) is 6.59. The summed E-state index contributed by atoms with van der Waals surface area (Å²) in [4.78, 5) is 15.4. The summed E-state index contributed by atoms with van der Waals surface area (Å²) in [5, 5.41) is 6.12. The summed E-state index contributed by atoms with van der Waals surface area (Å²) in [7, 11) is 1.40. The first-order chi connectivity index (χ1) is 9.26. The minimum absolute atomic E-state index is 0.199. The highest BCUT2D eigenvalue weighted by molar-refractivity contribution is 7.13. The van der Waals surface area contributed by atoms with Gasteiger partial charge in [-0.3, -0.25) is 4.79 Å². The van der Waals surface area contributed by atoms with Crippen molar-refractivity contribution in [3.63, 3.8) is 0 Å². The van der Waals surface area contributed by atoms with Crippen LogP contribution in [0.15, 0.2) is 5.38 Å². The molecule has 1 heterocycles. The molecular weight excluding hydrogens is 264 g/mol. The molecule has 5 nitrogen and oxygen atoms in total. The fourth-order valence-electron chi connectivity index (χ4n) is 1.45. The number of esters is 1. The van der Waals surface area contributed by atoms with E-state index >= 15 is 0 Å². The monoisotopic (exact) mass is 286 g/mol. The molecule has 0 fully saturated rings. The van der Waals surface area contributed by atoms with Crippen LogP contribution >= 0.6 is 11.3 Å². The number of hydrogen-bond donors (Lipinski definition) is 1. The quantitative estimate of drug-likeness (QED) is 0.529. The zero-order valence-corrected chi connectivity index (χ0v) is 12.4. The number of nitrogens with zero attached hydrogens (tertiary/aromatic N) is 1. The van der Waals surface area contributed by atoms with Crippen molar-refractivity contribution in [2.24, 2.45) is 0 Å². The second kappa shape index (κ2) is 9.75. The van der Waals surface area contributed by atoms with Crippen LogP contribution in [-0.2, 0) is 20.7 Å². The van der Waals surface area contributed by atoms with Crippen LogP contribution in [-0.4, -0.2) is 37.8 Å². The Labute approximate surface area is 118 Å². The smallest absolute Gasteiger partial charge is 0.305 e. The Bertz CT molecular complexity index is 369. The van der Waals surface area contributed by atoms with Gasteiger partial charge in [0.25, 0.3) is 0 Å². The van der Waals surface area contributed by atoms with Gasteiger partial charge >= 0.3 is 5.97 Å². The molecule has 0 saturated carbocycles. The predicted molar refractivity (Wildman–Crippen MR) is 76.7 cm³/mol. The molecule has 6 heteroatoms. The molecule has 0 unspecified atom stereocenters. The molecule has 0 radical (unpaired) electrons. The Morgan fingerprint density at radius 3 is 3.05 bits per heavy atom. The number of anilines is 1. The first-order valence-corrected chi connectivity index (χ1v) is 7.47. The van der Waals surface area contributed by atoms with E-state index in [4.69, 9.17) is 4.74 Å². The van der Waals surface area contributed by atoms with Gasteiger partial charge in [0.2, 0.25) is 0 Å². The van der Waals surface area contributed by atoms with Crippen LogP contribution in [0.2, 0.25) is 0 Å². The number of rotatable bonds is 10. The summed E-state index contributed by atoms with van der Waals surface area (Å²) < 4.78 is 9.99. The van der Waals surface area contributed by atoms with Crippen molar-refractivity contribution in [3.05, 3.63) is 11.1 Å². The molecule has 19 heavy (non-hydrogen) atoms. The van der Waals surface area contributed by atoms with Gasteiger partial charge in [0.05, 0.1) is 19.2 Å². The number of hydrogen-bond acceptors (Lipinski definition) is 6. The van der Waals surface area contributed by atoms with E-state index in [9.17, 15) is 4.79 Å². The van der Waals surface area contributed by atoms with Gasteiger partial charge in [-0.2, -0.15) is 0 Å². The Morgan fingerprint density at radius 1 is 1.47 bits per heavy atom. The molecule has 0 spiro atoms. The molecule has 0 bridgehead atoms. The van der Waals surface area contributed by atoms with Crippen molar-refractivity contribution in [2.45, 2.75) is 32.6 Å². The number of aryl methyl sites for hydroxylation is 1. The first kappa shape index (κ1) is 15.9. The van der Waals surface area contributed by atoms with E-state index in [-0.39, 0.29) is 5.97 Å². The maximum atomic E-state index is 11.0. The Kier molecular flexibility index (Phi) is 8.16. The number of methoxy groups -OCH3 is 1. The van der Waals surface area contributed by atoms with Crippen molar-refractivity contribution in [2.75, 3.05) is 32.2 Å². The molecular formula is C13H22N2O3S. The predicted octanol–water partition coefficient (Wildman–Crippen LogP) is 2.48. The van der Waals surface area contributed by atoms with Crippen molar-refractivity contribution in [1.82, 2.24) is 4.98 Å². The highest BCUT2D eigenvalue weighted by Gasteiger charge is 2.05. The Morgan fingerprint density at radius 2 is 2.32 bits per heavy atom. The molecule has 0 aliphatic rings. The molecule has 0 saturated heterocycles. The lowest BCUT2D eigenvalue weighted by Crippen LogP contribution is -2.06. The van der Waals surface area contributed by atoms with E-state index in [0.717, 1.165) is 43.4 Å². The Hall–Kier alpha value is -1.14. The summed E-state index contributed by atoms with van der Waals surface area (Å²) in [5.41, 5.74) is 0.931. The molecule has 1 N–H and O–H groups in total. The minimum Gasteiger partial charge on any atom is -0.469 e. The summed E-state index contributed by atoms with van der Waals surface area (Å²) in [6, 6.07) is 0. The third kappa shape index (κ3) is 7.12. The van der Waals surface area contributed by atoms with Gasteiger partial charge in [0.1, 0.15) is 0 Å². The van der Waals surface area contributed by atoms with Gasteiger partial charge in [-0.25, -0.2) is 4.98 Å². The molecule has 1 aromatic rings. The third-order valence-electron chi connectivity index (χ3n) is 2.45. The maximum absolute atomic E-state index is 11.0. The topological polar surface area (TPSA) is 60.5 Å². The van der Waals surface area contributed by atoms with Gasteiger partial charge in [-0.05, 0) is 12.8 Å². The number of carbonyl (C=O) groups excluding carboxylic acids is 1. The fraction of sp³-hybridized carbons (Fsp3) is 0.692. The number of thiazole rings is 1. The van der Waals surface area contributed by atoms with Crippen LogP contribution in [0.4, 0.5) is 5.13 Å². The van der Waals surface area contributed by atoms with Gasteiger partial charge < -0.3 is 14.8 Å². The highest BCUT2D eigenvalue weighted by Crippen LogP contribution is 2.16. The largest absolute Gasteiger partial charge is 0.469 e. The van der Waals surface area contributed by atoms with Crippen molar-refractivity contribution < 1.29 is 14.3 Å². The average molecular weight is 286 g/mol. The fourth-order valence-corrected chi connectivity index (χ4v) is 2.22. The number of aromatic nitrogens is 1. The van der Waals surface area contributed by atoms with Crippen molar-refractivity contribution >= 4 is 22.4 Å². The van der Waals surface area contributed by atoms with E-state index in [2.05, 4.69) is 22.0 Å². The zero-order valence-electron chi connectivity index (χ0n) is 11.6. The lowest BCUT2D eigenvalue weighted by Gasteiger charge is -2.03. The normalized spacial score (nSPS) is 10.4. The number of carbonyl (C=O) groups is 1. The maximum Gasteiger partial charge on any atom is 0.305 e. The van der Waals surface area contributed by atoms with Crippen LogP contribution in [0.25, 0.3) is 0 Å². The van der Waals surface area contributed by atoms with E-state index in [1.807, 2.05) is 5.38 Å². The van der Waals surface area contributed by atoms with Crippen LogP contribution in [0.5, 0.6) is 0 Å². The summed E-state index contributed by atoms with van der Waals surface area (Å²) in [6.07, 6.45) is 3.04. The van der Waals surface area contributed by atoms with Crippen LogP contribution in [0, 0.1) is 0 Å². The molecule has 0 amide bonds. The number of nitrogens with one attached hydrogen (secondary N) is 1. The van der Waals surface area contributed by atoms with Gasteiger partial charge in [-0.1, -0.05) is 6.92 Å². The van der Waals surface area contributed by atoms with Crippen LogP contribution < -0.4 is 5.32 Å². The van der Waals surface area contributed by atoms with E-state index < -0.39 is 0 Å². The van der Waals surface area contributed by atoms with E-state index in [0.29, 0.717) is 12.8 Å². The molecule has 0 atom stereocenters. The minimum atomic E-state index is -0.199. The van der Waals surface area contributed by atoms with Crippen molar-refractivity contribution in [3.8, 4) is 0 Å². The zero-order chi connectivity index (χ0) is 13.9. The van der Waals surface area contributed by atoms with Gasteiger partial charge in [0, 0.05) is 31.6 Å². The van der Waals surface area contributed by atoms with E-state index in [1.165, 1.54) is 7.11 Å². The molecule has 1 aromatic heterocycles. The van der Waals surface area contributed by atoms with E-state index in [1.54, 1.807) is 11.3 Å². The highest BCUT2D eigenvalue weighted by atomic mass is 32.1. The summed E-state index contributed by atoms with van der Waals surface area (Å²) in [5.74, 6) is -0.199. The molecule has 108 valence electrons. The van der Waals surface area contributed by atoms with Crippen LogP contribution in [0.3, 0.4) is 0 Å². The lowest BCUT2D eigenvalue weighted by molar-refractivity contribution is -0.140. The second-order valence-corrected chi connectivity index (χ2v) is 4.97. The van der Waals surface area contributed by atoms with Gasteiger partial charge in [0.15, 0.2) is 5.13 Å². The molecule has 0 aromatic carbocycles. The van der Waals surface area contributed by atoms with Crippen molar-refractivity contribution in [1.29, 1.82) is 0 Å². The number of ether oxygens (including phenoxy) is 2. The molecule has 0 aliphatic heterocycles. The standard InChI is InChI=1S/C13H22N2O3S/c1-3-8-18-9-4-7-14-13-15-11(10-19-13)5-6-12(16)17-2/h10H,3-9H2,1-2H3,(H,14,15). The third-order valence-corrected chi connectivity index (χ3v) is 3.30. The summed E-state index contributed by atoms with van der Waals surface area (Å²) in [6.45, 7) is 4.56. The second-order valence-electron chi connectivity index (χ2n) is 4.11. The molecule has 1 rings (SSSR count). The molecule has 0 aliphatic carbocycles. The Balaban J connectivity index is 2.14. The van der Waals surface area contributed by atoms with Crippen LogP contribution in [0.1, 0.15) is 31.9 Å². The van der Waals surface area contributed by atoms with Gasteiger partial charge in [-0.15, -0.1) is 11.3 Å². The lowest BCUT2D eigenvalue weighted by atomic mass is 10.2. The summed E-state index contributed by atoms with van der Waals surface area (Å²) >= 11 is 1.56. The average Bonchev–Trinajstić information content (AvgIpc) is 2.88.